The summed E-state index contributed by atoms with van der Waals surface area (Å²) in [6.45, 7) is 19.1. The molecule has 0 aliphatic heterocycles. The number of hydrogen-bond acceptors (Lipinski definition) is 9. The summed E-state index contributed by atoms with van der Waals surface area (Å²) in [7, 11) is 0. The van der Waals surface area contributed by atoms with Crippen molar-refractivity contribution in [3.63, 3.8) is 0 Å². The van der Waals surface area contributed by atoms with E-state index in [9.17, 15) is 28.8 Å². The zero-order valence-corrected chi connectivity index (χ0v) is 22.7. The number of nitrogens with zero attached hydrogens (tertiary/aromatic N) is 2. The average molecular weight is 513 g/mol. The van der Waals surface area contributed by atoms with Crippen molar-refractivity contribution in [1.82, 2.24) is 9.80 Å². The minimum Gasteiger partial charge on any atom is -0.465 e. The zero-order valence-electron chi connectivity index (χ0n) is 22.7. The van der Waals surface area contributed by atoms with Crippen molar-refractivity contribution in [2.45, 2.75) is 61.8 Å². The third-order valence-electron chi connectivity index (χ3n) is 4.06. The van der Waals surface area contributed by atoms with Crippen LogP contribution >= 0.6 is 0 Å². The zero-order chi connectivity index (χ0) is 28.6. The predicted octanol–water partition coefficient (Wildman–Crippen LogP) is 3.03. The Morgan fingerprint density at radius 3 is 1.28 bits per heavy atom. The number of carbonyl (C=O) groups excluding carboxylic acids is 6. The molecule has 204 valence electrons. The van der Waals surface area contributed by atoms with Crippen LogP contribution in [0, 0.1) is 5.41 Å². The van der Waals surface area contributed by atoms with Crippen molar-refractivity contribution in [3.8, 4) is 0 Å². The first kappa shape index (κ1) is 34.7. The Hall–Kier alpha value is -3.50. The maximum absolute atomic E-state index is 12.4. The number of imide groups is 2. The minimum absolute atomic E-state index is 0.116. The Labute approximate surface area is 213 Å². The van der Waals surface area contributed by atoms with E-state index in [1.807, 2.05) is 27.7 Å². The molecule has 0 aliphatic rings. The molecule has 0 aromatic rings. The normalized spacial score (nSPS) is 10.1. The van der Waals surface area contributed by atoms with Gasteiger partial charge in [-0.2, -0.15) is 0 Å². The lowest BCUT2D eigenvalue weighted by Gasteiger charge is -2.26. The quantitative estimate of drug-likeness (QED) is 0.246. The summed E-state index contributed by atoms with van der Waals surface area (Å²) in [6, 6.07) is -0.900. The molecule has 0 aromatic carbocycles. The molecule has 0 saturated heterocycles. The monoisotopic (exact) mass is 512 g/mol. The van der Waals surface area contributed by atoms with Crippen molar-refractivity contribution in [1.29, 1.82) is 0 Å². The van der Waals surface area contributed by atoms with Crippen LogP contribution in [0.4, 0.5) is 4.79 Å². The van der Waals surface area contributed by atoms with Gasteiger partial charge in [-0.1, -0.05) is 20.1 Å². The molecule has 0 aromatic heterocycles. The largest absolute Gasteiger partial charge is 0.465 e. The average Bonchev–Trinajstić information content (AvgIpc) is 2.76. The van der Waals surface area contributed by atoms with Gasteiger partial charge < -0.3 is 14.2 Å². The van der Waals surface area contributed by atoms with Crippen LogP contribution in [0.25, 0.3) is 0 Å². The Kier molecular flexibility index (Phi) is 16.4. The van der Waals surface area contributed by atoms with Crippen LogP contribution in [-0.4, -0.2) is 78.5 Å². The lowest BCUT2D eigenvalue weighted by molar-refractivity contribution is -0.153. The van der Waals surface area contributed by atoms with Gasteiger partial charge in [0, 0.05) is 25.0 Å². The summed E-state index contributed by atoms with van der Waals surface area (Å²) in [4.78, 5) is 71.0. The lowest BCUT2D eigenvalue weighted by atomic mass is 9.97. The summed E-state index contributed by atoms with van der Waals surface area (Å²) >= 11 is 0. The molecular weight excluding hydrogens is 472 g/mol. The van der Waals surface area contributed by atoms with E-state index in [1.54, 1.807) is 0 Å². The number of urea groups is 1. The van der Waals surface area contributed by atoms with Gasteiger partial charge >= 0.3 is 23.9 Å². The van der Waals surface area contributed by atoms with Crippen molar-refractivity contribution >= 4 is 35.8 Å². The molecular formula is C25H40N2O9. The molecule has 0 saturated carbocycles. The van der Waals surface area contributed by atoms with E-state index in [0.29, 0.717) is 6.61 Å². The molecule has 0 rings (SSSR count). The fourth-order valence-electron chi connectivity index (χ4n) is 2.04. The van der Waals surface area contributed by atoms with Gasteiger partial charge in [0.2, 0.25) is 11.8 Å². The molecule has 0 unspecified atom stereocenters. The Bertz CT molecular complexity index is 789. The minimum atomic E-state index is -0.900. The molecule has 11 nitrogen and oxygen atoms in total. The van der Waals surface area contributed by atoms with Gasteiger partial charge in [0.05, 0.1) is 25.1 Å². The molecule has 0 radical (unpaired) electrons. The van der Waals surface area contributed by atoms with E-state index in [-0.39, 0.29) is 48.8 Å². The SMILES string of the molecule is C=C(C)C(=O)OCCN(C(C)=O)C(=O)N(CCOC(=O)C(=C)C)C(C)=O.CCCOC(=O)C(C)(C)C. The standard InChI is InChI=1S/C17H24N2O7.C8H16O2/c1-11(2)15(22)25-9-7-18(13(5)20)17(24)19(14(6)21)8-10-26-16(23)12(3)4;1-5-6-10-7(9)8(2,3)4/h1,3,7-10H2,2,4-6H3;5-6H2,1-4H3. The maximum Gasteiger partial charge on any atom is 0.333 e. The molecule has 0 aliphatic carbocycles. The first-order valence-corrected chi connectivity index (χ1v) is 11.4. The van der Waals surface area contributed by atoms with Crippen LogP contribution in [0.2, 0.25) is 0 Å². The van der Waals surface area contributed by atoms with Crippen molar-refractivity contribution in [2.24, 2.45) is 5.41 Å². The summed E-state index contributed by atoms with van der Waals surface area (Å²) < 4.78 is 14.6. The summed E-state index contributed by atoms with van der Waals surface area (Å²) in [5.74, 6) is -2.69. The highest BCUT2D eigenvalue weighted by Gasteiger charge is 2.27. The molecule has 0 spiro atoms. The van der Waals surface area contributed by atoms with E-state index < -0.39 is 29.8 Å². The second-order valence-corrected chi connectivity index (χ2v) is 8.84. The number of rotatable bonds is 10. The number of amides is 4. The summed E-state index contributed by atoms with van der Waals surface area (Å²) in [6.07, 6.45) is 0.891. The van der Waals surface area contributed by atoms with Gasteiger partial charge in [0.1, 0.15) is 13.2 Å². The van der Waals surface area contributed by atoms with Gasteiger partial charge in [0.25, 0.3) is 0 Å². The number of carbonyl (C=O) groups is 6. The van der Waals surface area contributed by atoms with Crippen LogP contribution in [0.5, 0.6) is 0 Å². The molecule has 0 fully saturated rings. The third-order valence-corrected chi connectivity index (χ3v) is 4.06. The molecule has 36 heavy (non-hydrogen) atoms. The number of hydrogen-bond donors (Lipinski definition) is 0. The van der Waals surface area contributed by atoms with E-state index in [0.717, 1.165) is 30.1 Å². The molecule has 0 N–H and O–H groups in total. The predicted molar refractivity (Wildman–Crippen MR) is 132 cm³/mol. The van der Waals surface area contributed by atoms with Gasteiger partial charge in [-0.3, -0.25) is 24.2 Å². The smallest absolute Gasteiger partial charge is 0.333 e. The summed E-state index contributed by atoms with van der Waals surface area (Å²) in [5.41, 5.74) is 0.000564. The fraction of sp³-hybridized carbons (Fsp3) is 0.600. The highest BCUT2D eigenvalue weighted by molar-refractivity contribution is 6.01. The van der Waals surface area contributed by atoms with Gasteiger partial charge in [-0.25, -0.2) is 14.4 Å². The van der Waals surface area contributed by atoms with Crippen molar-refractivity contribution < 1.29 is 43.0 Å². The molecule has 11 heteroatoms. The van der Waals surface area contributed by atoms with Gasteiger partial charge in [0.15, 0.2) is 0 Å². The van der Waals surface area contributed by atoms with E-state index >= 15 is 0 Å². The van der Waals surface area contributed by atoms with E-state index in [4.69, 9.17) is 14.2 Å². The second-order valence-electron chi connectivity index (χ2n) is 8.84. The Morgan fingerprint density at radius 1 is 0.667 bits per heavy atom. The fourth-order valence-corrected chi connectivity index (χ4v) is 2.04. The van der Waals surface area contributed by atoms with E-state index in [2.05, 4.69) is 13.2 Å². The van der Waals surface area contributed by atoms with Crippen LogP contribution < -0.4 is 0 Å². The van der Waals surface area contributed by atoms with Gasteiger partial charge in [-0.15, -0.1) is 0 Å². The number of esters is 3. The molecule has 0 atom stereocenters. The topological polar surface area (TPSA) is 137 Å². The molecule has 0 heterocycles. The molecule has 0 bridgehead atoms. The lowest BCUT2D eigenvalue weighted by Crippen LogP contribution is -2.49. The highest BCUT2D eigenvalue weighted by atomic mass is 16.5. The maximum atomic E-state index is 12.4. The van der Waals surface area contributed by atoms with Crippen LogP contribution in [-0.2, 0) is 38.2 Å². The van der Waals surface area contributed by atoms with E-state index in [1.165, 1.54) is 13.8 Å². The van der Waals surface area contributed by atoms with Crippen molar-refractivity contribution in [3.05, 3.63) is 24.3 Å². The first-order chi connectivity index (χ1) is 16.5. The Balaban J connectivity index is 0. The van der Waals surface area contributed by atoms with Gasteiger partial charge in [-0.05, 0) is 41.0 Å². The second kappa shape index (κ2) is 17.0. The van der Waals surface area contributed by atoms with Crippen molar-refractivity contribution in [2.75, 3.05) is 32.9 Å². The Morgan fingerprint density at radius 2 is 1.03 bits per heavy atom. The highest BCUT2D eigenvalue weighted by Crippen LogP contribution is 2.14. The molecule has 4 amide bonds. The number of ether oxygens (including phenoxy) is 3. The summed E-state index contributed by atoms with van der Waals surface area (Å²) in [5, 5.41) is 0. The first-order valence-electron chi connectivity index (χ1n) is 11.4. The van der Waals surface area contributed by atoms with Crippen LogP contribution in [0.1, 0.15) is 61.8 Å². The van der Waals surface area contributed by atoms with Crippen LogP contribution in [0.3, 0.4) is 0 Å². The van der Waals surface area contributed by atoms with Crippen LogP contribution in [0.15, 0.2) is 24.3 Å². The third kappa shape index (κ3) is 14.7.